The van der Waals surface area contributed by atoms with Gasteiger partial charge < -0.3 is 14.8 Å². The number of urea groups is 1. The SMILES string of the molecule is Cc1ccc(C2c3cccn3-c3ccccc3N2C(=O)CN(C(=O)Nc2c(C(C)C)cccc2C(C)C)C2CC2)cc1. The Labute approximate surface area is 249 Å². The molecule has 6 nitrogen and oxygen atoms in total. The largest absolute Gasteiger partial charge is 0.322 e. The van der Waals surface area contributed by atoms with Crippen LogP contribution in [0.15, 0.2) is 85.1 Å². The number of fused-ring (bicyclic) bond motifs is 3. The zero-order valence-electron chi connectivity index (χ0n) is 25.2. The number of aryl methyl sites for hydroxylation is 1. The summed E-state index contributed by atoms with van der Waals surface area (Å²) in [6.45, 7) is 10.7. The van der Waals surface area contributed by atoms with Gasteiger partial charge in [-0.05, 0) is 72.6 Å². The van der Waals surface area contributed by atoms with E-state index in [9.17, 15) is 9.59 Å². The summed E-state index contributed by atoms with van der Waals surface area (Å²) in [7, 11) is 0. The Morgan fingerprint density at radius 2 is 1.48 bits per heavy atom. The lowest BCUT2D eigenvalue weighted by molar-refractivity contribution is -0.119. The summed E-state index contributed by atoms with van der Waals surface area (Å²) < 4.78 is 2.17. The van der Waals surface area contributed by atoms with Gasteiger partial charge in [-0.3, -0.25) is 9.69 Å². The van der Waals surface area contributed by atoms with Crippen LogP contribution in [0.2, 0.25) is 0 Å². The Hall–Kier alpha value is -4.32. The molecule has 1 unspecified atom stereocenters. The van der Waals surface area contributed by atoms with Crippen LogP contribution in [0.5, 0.6) is 0 Å². The van der Waals surface area contributed by atoms with Crippen molar-refractivity contribution in [2.45, 2.75) is 71.4 Å². The van der Waals surface area contributed by atoms with Gasteiger partial charge in [-0.15, -0.1) is 0 Å². The minimum Gasteiger partial charge on any atom is -0.316 e. The number of benzene rings is 3. The second-order valence-corrected chi connectivity index (χ2v) is 12.3. The van der Waals surface area contributed by atoms with E-state index in [1.807, 2.05) is 35.2 Å². The van der Waals surface area contributed by atoms with E-state index in [4.69, 9.17) is 0 Å². The molecular weight excluding hydrogens is 520 g/mol. The van der Waals surface area contributed by atoms with Crippen molar-refractivity contribution < 1.29 is 9.59 Å². The minimum atomic E-state index is -0.304. The highest BCUT2D eigenvalue weighted by Crippen LogP contribution is 2.43. The van der Waals surface area contributed by atoms with Gasteiger partial charge in [0.15, 0.2) is 0 Å². The van der Waals surface area contributed by atoms with Crippen LogP contribution in [0.1, 0.15) is 86.4 Å². The quantitative estimate of drug-likeness (QED) is 0.248. The molecule has 1 fully saturated rings. The first-order valence-corrected chi connectivity index (χ1v) is 15.1. The smallest absolute Gasteiger partial charge is 0.316 e. The van der Waals surface area contributed by atoms with E-state index in [1.165, 1.54) is 5.56 Å². The molecule has 6 rings (SSSR count). The number of para-hydroxylation sites is 3. The van der Waals surface area contributed by atoms with Gasteiger partial charge in [0.1, 0.15) is 12.6 Å². The summed E-state index contributed by atoms with van der Waals surface area (Å²) in [4.78, 5) is 32.1. The third-order valence-corrected chi connectivity index (χ3v) is 8.54. The molecule has 0 bridgehead atoms. The van der Waals surface area contributed by atoms with E-state index >= 15 is 0 Å². The fourth-order valence-corrected chi connectivity index (χ4v) is 6.18. The van der Waals surface area contributed by atoms with Crippen molar-refractivity contribution in [1.29, 1.82) is 0 Å². The molecule has 1 aliphatic carbocycles. The van der Waals surface area contributed by atoms with E-state index in [2.05, 4.69) is 99.2 Å². The second kappa shape index (κ2) is 11.2. The molecule has 0 saturated heterocycles. The molecule has 1 N–H and O–H groups in total. The van der Waals surface area contributed by atoms with Gasteiger partial charge >= 0.3 is 6.03 Å². The lowest BCUT2D eigenvalue weighted by Crippen LogP contribution is -2.48. The standard InChI is InChI=1S/C36H40N4O2/c1-23(2)28-10-8-11-29(24(3)4)34(28)37-36(42)39(27-19-20-27)22-33(41)40-31-13-7-6-12-30(31)38-21-9-14-32(38)35(40)26-17-15-25(5)16-18-26/h6-18,21,23-24,27,35H,19-20,22H2,1-5H3,(H,37,42). The maximum absolute atomic E-state index is 14.5. The lowest BCUT2D eigenvalue weighted by atomic mass is 9.93. The Morgan fingerprint density at radius 1 is 0.833 bits per heavy atom. The van der Waals surface area contributed by atoms with Crippen LogP contribution in [0.4, 0.5) is 16.2 Å². The third kappa shape index (κ3) is 5.11. The molecule has 2 aliphatic rings. The molecule has 42 heavy (non-hydrogen) atoms. The normalized spacial score (nSPS) is 15.9. The van der Waals surface area contributed by atoms with E-state index in [0.29, 0.717) is 0 Å². The van der Waals surface area contributed by atoms with Crippen molar-refractivity contribution in [3.8, 4) is 5.69 Å². The minimum absolute atomic E-state index is 0.00869. The van der Waals surface area contributed by atoms with Crippen LogP contribution in [-0.2, 0) is 4.79 Å². The number of nitrogens with one attached hydrogen (secondary N) is 1. The van der Waals surface area contributed by atoms with E-state index in [1.54, 1.807) is 4.90 Å². The van der Waals surface area contributed by atoms with Crippen LogP contribution in [0, 0.1) is 6.92 Å². The molecule has 6 heteroatoms. The predicted octanol–water partition coefficient (Wildman–Crippen LogP) is 8.17. The van der Waals surface area contributed by atoms with Crippen molar-refractivity contribution >= 4 is 23.3 Å². The number of carbonyl (C=O) groups is 2. The lowest BCUT2D eigenvalue weighted by Gasteiger charge is -2.39. The highest BCUT2D eigenvalue weighted by Gasteiger charge is 2.40. The van der Waals surface area contributed by atoms with Gasteiger partial charge in [0.2, 0.25) is 5.91 Å². The first-order chi connectivity index (χ1) is 20.2. The molecule has 1 atom stereocenters. The van der Waals surface area contributed by atoms with Gasteiger partial charge in [-0.2, -0.15) is 0 Å². The molecule has 2 heterocycles. The van der Waals surface area contributed by atoms with Crippen molar-refractivity contribution in [3.05, 3.63) is 113 Å². The highest BCUT2D eigenvalue weighted by molar-refractivity contribution is 6.02. The third-order valence-electron chi connectivity index (χ3n) is 8.54. The Kier molecular flexibility index (Phi) is 7.40. The number of amides is 3. The van der Waals surface area contributed by atoms with Gasteiger partial charge in [0.05, 0.1) is 17.1 Å². The Balaban J connectivity index is 1.36. The fourth-order valence-electron chi connectivity index (χ4n) is 6.18. The van der Waals surface area contributed by atoms with E-state index in [0.717, 1.165) is 52.3 Å². The number of rotatable bonds is 7. The summed E-state index contributed by atoms with van der Waals surface area (Å²) in [5, 5.41) is 3.26. The van der Waals surface area contributed by atoms with E-state index < -0.39 is 0 Å². The average Bonchev–Trinajstić information content (AvgIpc) is 3.70. The summed E-state index contributed by atoms with van der Waals surface area (Å²) in [5.41, 5.74) is 8.15. The maximum atomic E-state index is 14.5. The second-order valence-electron chi connectivity index (χ2n) is 12.3. The Bertz CT molecular complexity index is 1590. The summed E-state index contributed by atoms with van der Waals surface area (Å²) in [5.74, 6) is 0.418. The molecule has 3 aromatic carbocycles. The zero-order valence-corrected chi connectivity index (χ0v) is 25.2. The zero-order chi connectivity index (χ0) is 29.5. The summed E-state index contributed by atoms with van der Waals surface area (Å²) in [6, 6.07) is 26.3. The molecule has 0 spiro atoms. The molecular formula is C36H40N4O2. The van der Waals surface area contributed by atoms with Crippen molar-refractivity contribution in [1.82, 2.24) is 9.47 Å². The first-order valence-electron chi connectivity index (χ1n) is 15.1. The van der Waals surface area contributed by atoms with Crippen molar-refractivity contribution in [2.75, 3.05) is 16.8 Å². The first kappa shape index (κ1) is 27.8. The van der Waals surface area contributed by atoms with Crippen LogP contribution >= 0.6 is 0 Å². The topological polar surface area (TPSA) is 57.6 Å². The number of aromatic nitrogens is 1. The molecule has 1 aromatic heterocycles. The van der Waals surface area contributed by atoms with Crippen LogP contribution < -0.4 is 10.2 Å². The fraction of sp³-hybridized carbons (Fsp3) is 0.333. The predicted molar refractivity (Wildman–Crippen MR) is 170 cm³/mol. The molecule has 0 radical (unpaired) electrons. The van der Waals surface area contributed by atoms with Crippen LogP contribution in [-0.4, -0.2) is 34.0 Å². The average molecular weight is 561 g/mol. The number of hydrogen-bond acceptors (Lipinski definition) is 2. The molecule has 3 amide bonds. The maximum Gasteiger partial charge on any atom is 0.322 e. The number of hydrogen-bond donors (Lipinski definition) is 1. The molecule has 4 aromatic rings. The molecule has 1 saturated carbocycles. The van der Waals surface area contributed by atoms with Gasteiger partial charge in [0.25, 0.3) is 0 Å². The Morgan fingerprint density at radius 3 is 2.10 bits per heavy atom. The van der Waals surface area contributed by atoms with Crippen LogP contribution in [0.3, 0.4) is 0 Å². The highest BCUT2D eigenvalue weighted by atomic mass is 16.2. The number of nitrogens with zero attached hydrogens (tertiary/aromatic N) is 3. The van der Waals surface area contributed by atoms with Gasteiger partial charge in [-0.25, -0.2) is 4.79 Å². The molecule has 216 valence electrons. The van der Waals surface area contributed by atoms with Gasteiger partial charge in [0, 0.05) is 17.9 Å². The summed E-state index contributed by atoms with van der Waals surface area (Å²) >= 11 is 0. The van der Waals surface area contributed by atoms with Crippen molar-refractivity contribution in [3.63, 3.8) is 0 Å². The molecule has 1 aliphatic heterocycles. The van der Waals surface area contributed by atoms with Crippen LogP contribution in [0.25, 0.3) is 5.69 Å². The summed E-state index contributed by atoms with van der Waals surface area (Å²) in [6.07, 6.45) is 3.87. The van der Waals surface area contributed by atoms with Gasteiger partial charge in [-0.1, -0.05) is 87.9 Å². The van der Waals surface area contributed by atoms with Crippen molar-refractivity contribution in [2.24, 2.45) is 0 Å². The van der Waals surface area contributed by atoms with E-state index in [-0.39, 0.29) is 42.4 Å². The number of anilines is 2. The monoisotopic (exact) mass is 560 g/mol. The number of carbonyl (C=O) groups excluding carboxylic acids is 2.